The molecule has 2 nitrogen and oxygen atoms in total. The van der Waals surface area contributed by atoms with Crippen molar-refractivity contribution in [3.63, 3.8) is 0 Å². The Labute approximate surface area is 89.1 Å². The maximum Gasteiger partial charge on any atom is 0.230 e. The van der Waals surface area contributed by atoms with Crippen LogP contribution < -0.4 is 9.47 Å². The number of hydrogen-bond donors (Lipinski definition) is 0. The van der Waals surface area contributed by atoms with Crippen LogP contribution in [0.5, 0.6) is 11.5 Å². The number of rotatable bonds is 4. The van der Waals surface area contributed by atoms with Crippen molar-refractivity contribution in [2.45, 2.75) is 0 Å². The van der Waals surface area contributed by atoms with E-state index in [-0.39, 0.29) is 6.79 Å². The van der Waals surface area contributed by atoms with E-state index >= 15 is 0 Å². The minimum absolute atomic E-state index is 0.216. The van der Waals surface area contributed by atoms with E-state index in [4.69, 9.17) is 9.47 Å². The molecular formula is C13H11O2. The molecule has 0 atom stereocenters. The number of ether oxygens (including phenoxy) is 2. The summed E-state index contributed by atoms with van der Waals surface area (Å²) in [5.41, 5.74) is 0. The van der Waals surface area contributed by atoms with Gasteiger partial charge in [0.25, 0.3) is 0 Å². The Morgan fingerprint density at radius 3 is 2.07 bits per heavy atom. The molecule has 0 unspecified atom stereocenters. The zero-order valence-corrected chi connectivity index (χ0v) is 8.22. The van der Waals surface area contributed by atoms with Crippen LogP contribution in [0.25, 0.3) is 0 Å². The van der Waals surface area contributed by atoms with Gasteiger partial charge in [0.2, 0.25) is 6.79 Å². The van der Waals surface area contributed by atoms with Gasteiger partial charge in [0.05, 0.1) is 0 Å². The molecule has 0 aliphatic rings. The van der Waals surface area contributed by atoms with Crippen molar-refractivity contribution in [3.8, 4) is 11.5 Å². The lowest BCUT2D eigenvalue weighted by Gasteiger charge is -2.07. The second kappa shape index (κ2) is 5.05. The molecule has 1 radical (unpaired) electrons. The second-order valence-electron chi connectivity index (χ2n) is 2.96. The van der Waals surface area contributed by atoms with Gasteiger partial charge in [-0.2, -0.15) is 0 Å². The van der Waals surface area contributed by atoms with Crippen molar-refractivity contribution in [3.05, 3.63) is 60.7 Å². The molecule has 0 saturated carbocycles. The lowest BCUT2D eigenvalue weighted by atomic mass is 10.3. The first kappa shape index (κ1) is 9.59. The number of para-hydroxylation sites is 1. The largest absolute Gasteiger partial charge is 0.458 e. The van der Waals surface area contributed by atoms with Gasteiger partial charge in [-0.1, -0.05) is 30.3 Å². The third kappa shape index (κ3) is 3.02. The molecule has 2 aromatic rings. The zero-order valence-electron chi connectivity index (χ0n) is 8.22. The zero-order chi connectivity index (χ0) is 10.3. The first-order chi connectivity index (χ1) is 7.45. The van der Waals surface area contributed by atoms with Crippen LogP contribution >= 0.6 is 0 Å². The highest BCUT2D eigenvalue weighted by atomic mass is 16.7. The highest BCUT2D eigenvalue weighted by Crippen LogP contribution is 2.11. The topological polar surface area (TPSA) is 18.5 Å². The maximum atomic E-state index is 5.38. The molecule has 0 saturated heterocycles. The Morgan fingerprint density at radius 1 is 0.800 bits per heavy atom. The van der Waals surface area contributed by atoms with E-state index in [0.29, 0.717) is 0 Å². The summed E-state index contributed by atoms with van der Waals surface area (Å²) in [5.74, 6) is 1.59. The number of benzene rings is 2. The molecule has 75 valence electrons. The quantitative estimate of drug-likeness (QED) is 0.705. The Balaban J connectivity index is 1.81. The van der Waals surface area contributed by atoms with Crippen molar-refractivity contribution < 1.29 is 9.47 Å². The molecule has 0 heterocycles. The highest BCUT2D eigenvalue weighted by molar-refractivity contribution is 5.22. The first-order valence-corrected chi connectivity index (χ1v) is 4.72. The molecule has 0 aliphatic carbocycles. The smallest absolute Gasteiger partial charge is 0.230 e. The minimum atomic E-state index is 0.216. The molecule has 0 fully saturated rings. The first-order valence-electron chi connectivity index (χ1n) is 4.72. The van der Waals surface area contributed by atoms with E-state index in [1.165, 1.54) is 0 Å². The predicted molar refractivity (Wildman–Crippen MR) is 57.8 cm³/mol. The fourth-order valence-electron chi connectivity index (χ4n) is 1.15. The third-order valence-electron chi connectivity index (χ3n) is 1.88. The van der Waals surface area contributed by atoms with Crippen LogP contribution in [0.1, 0.15) is 0 Å². The lowest BCUT2D eigenvalue weighted by Crippen LogP contribution is -2.05. The van der Waals surface area contributed by atoms with Crippen LogP contribution in [0.4, 0.5) is 0 Å². The molecule has 0 aromatic heterocycles. The fraction of sp³-hybridized carbons (Fsp3) is 0.0769. The summed E-state index contributed by atoms with van der Waals surface area (Å²) in [6, 6.07) is 19.8. The van der Waals surface area contributed by atoms with Gasteiger partial charge in [-0.25, -0.2) is 0 Å². The van der Waals surface area contributed by atoms with Gasteiger partial charge >= 0.3 is 0 Å². The molecule has 0 amide bonds. The summed E-state index contributed by atoms with van der Waals surface area (Å²) >= 11 is 0. The molecular weight excluding hydrogens is 188 g/mol. The molecule has 2 heteroatoms. The third-order valence-corrected chi connectivity index (χ3v) is 1.88. The van der Waals surface area contributed by atoms with Gasteiger partial charge in [-0.3, -0.25) is 0 Å². The van der Waals surface area contributed by atoms with Crippen molar-refractivity contribution in [2.75, 3.05) is 6.79 Å². The van der Waals surface area contributed by atoms with Crippen LogP contribution in [-0.4, -0.2) is 6.79 Å². The molecule has 2 rings (SSSR count). The van der Waals surface area contributed by atoms with Gasteiger partial charge in [-0.15, -0.1) is 0 Å². The van der Waals surface area contributed by atoms with E-state index < -0.39 is 0 Å². The standard InChI is InChI=1S/C13H11O2/c1-3-7-12(8-4-1)14-11-15-13-9-5-2-6-10-13/h1,3-10H,11H2. The van der Waals surface area contributed by atoms with Crippen LogP contribution in [0, 0.1) is 6.07 Å². The van der Waals surface area contributed by atoms with Gasteiger partial charge < -0.3 is 9.47 Å². The lowest BCUT2D eigenvalue weighted by molar-refractivity contribution is 0.120. The van der Waals surface area contributed by atoms with Crippen LogP contribution in [0.2, 0.25) is 0 Å². The van der Waals surface area contributed by atoms with Crippen molar-refractivity contribution in [1.29, 1.82) is 0 Å². The van der Waals surface area contributed by atoms with Crippen LogP contribution in [0.15, 0.2) is 54.6 Å². The number of hydrogen-bond acceptors (Lipinski definition) is 2. The highest BCUT2D eigenvalue weighted by Gasteiger charge is 1.92. The maximum absolute atomic E-state index is 5.38. The molecule has 0 spiro atoms. The predicted octanol–water partition coefficient (Wildman–Crippen LogP) is 2.90. The van der Waals surface area contributed by atoms with Gasteiger partial charge in [0.15, 0.2) is 0 Å². The summed E-state index contributed by atoms with van der Waals surface area (Å²) in [5, 5.41) is 0. The summed E-state index contributed by atoms with van der Waals surface area (Å²) in [4.78, 5) is 0. The second-order valence-corrected chi connectivity index (χ2v) is 2.96. The molecule has 0 aliphatic heterocycles. The van der Waals surface area contributed by atoms with Crippen molar-refractivity contribution in [2.24, 2.45) is 0 Å². The average Bonchev–Trinajstić information content (AvgIpc) is 2.32. The van der Waals surface area contributed by atoms with Gasteiger partial charge in [0.1, 0.15) is 11.5 Å². The van der Waals surface area contributed by atoms with E-state index in [1.807, 2.05) is 42.5 Å². The van der Waals surface area contributed by atoms with E-state index in [1.54, 1.807) is 12.1 Å². The average molecular weight is 199 g/mol. The molecule has 2 aromatic carbocycles. The molecule has 15 heavy (non-hydrogen) atoms. The van der Waals surface area contributed by atoms with E-state index in [9.17, 15) is 0 Å². The Kier molecular flexibility index (Phi) is 3.23. The summed E-state index contributed by atoms with van der Waals surface area (Å²) in [6.07, 6.45) is 0. The van der Waals surface area contributed by atoms with Gasteiger partial charge in [-0.05, 0) is 30.3 Å². The SMILES string of the molecule is [c]1ccc(OCOc2ccccc2)cc1. The monoisotopic (exact) mass is 199 g/mol. The molecule has 0 N–H and O–H groups in total. The fourth-order valence-corrected chi connectivity index (χ4v) is 1.15. The van der Waals surface area contributed by atoms with E-state index in [2.05, 4.69) is 6.07 Å². The van der Waals surface area contributed by atoms with Crippen LogP contribution in [0.3, 0.4) is 0 Å². The Bertz CT molecular complexity index is 344. The van der Waals surface area contributed by atoms with Crippen molar-refractivity contribution >= 4 is 0 Å². The van der Waals surface area contributed by atoms with Crippen LogP contribution in [-0.2, 0) is 0 Å². The normalized spacial score (nSPS) is 9.60. The van der Waals surface area contributed by atoms with E-state index in [0.717, 1.165) is 11.5 Å². The summed E-state index contributed by atoms with van der Waals surface area (Å²) < 4.78 is 10.7. The van der Waals surface area contributed by atoms with Crippen molar-refractivity contribution in [1.82, 2.24) is 0 Å². The van der Waals surface area contributed by atoms with Gasteiger partial charge in [0, 0.05) is 0 Å². The summed E-state index contributed by atoms with van der Waals surface area (Å²) in [6.45, 7) is 0.216. The minimum Gasteiger partial charge on any atom is -0.458 e. The molecule has 0 bridgehead atoms. The summed E-state index contributed by atoms with van der Waals surface area (Å²) in [7, 11) is 0. The Morgan fingerprint density at radius 2 is 1.40 bits per heavy atom. The Hall–Kier alpha value is -1.96.